The Morgan fingerprint density at radius 2 is 1.33 bits per heavy atom. The summed E-state index contributed by atoms with van der Waals surface area (Å²) in [5.74, 6) is 0.174. The molecule has 1 aromatic carbocycles. The molecule has 0 bridgehead atoms. The zero-order valence-corrected chi connectivity index (χ0v) is 23.2. The molecule has 0 aromatic heterocycles. The number of nitrogens with one attached hydrogen (secondary N) is 3. The minimum absolute atomic E-state index is 0.0224. The molecule has 2 aliphatic carbocycles. The monoisotopic (exact) mass is 539 g/mol. The fourth-order valence-electron chi connectivity index (χ4n) is 6.20. The Balaban J connectivity index is 1.14. The molecule has 1 aliphatic heterocycles. The van der Waals surface area contributed by atoms with Gasteiger partial charge in [-0.2, -0.15) is 0 Å². The Morgan fingerprint density at radius 1 is 0.795 bits per heavy atom. The standard InChI is InChI=1S/C29H45N7O3/c1-2-36-17-3-4-25(18-36)34-28(39)21-7-13-23(14-8-21)32-26(37)19-5-11-22(12-6-19)33-27(38)20-9-15-24(16-10-20)35-29(30)31/h9-10,15-16,19,21-23,25H,2-8,11-14,17-18H2,1H3,(H,32,37)(H,33,38)(H,34,39)(H4,30,31,35). The number of likely N-dealkylation sites (tertiary alicyclic amines) is 1. The van der Waals surface area contributed by atoms with Gasteiger partial charge >= 0.3 is 0 Å². The molecule has 7 N–H and O–H groups in total. The zero-order valence-electron chi connectivity index (χ0n) is 23.2. The first-order chi connectivity index (χ1) is 18.8. The van der Waals surface area contributed by atoms with Crippen LogP contribution in [-0.2, 0) is 9.59 Å². The summed E-state index contributed by atoms with van der Waals surface area (Å²) in [4.78, 5) is 44.8. The van der Waals surface area contributed by atoms with Gasteiger partial charge in [-0.15, -0.1) is 0 Å². The summed E-state index contributed by atoms with van der Waals surface area (Å²) in [6, 6.07) is 7.26. The van der Waals surface area contributed by atoms with Gasteiger partial charge < -0.3 is 32.3 Å². The third-order valence-electron chi connectivity index (χ3n) is 8.56. The van der Waals surface area contributed by atoms with Crippen LogP contribution in [0.4, 0.5) is 5.69 Å². The van der Waals surface area contributed by atoms with Crippen LogP contribution in [0.25, 0.3) is 0 Å². The number of nitrogens with two attached hydrogens (primary N) is 2. The van der Waals surface area contributed by atoms with E-state index < -0.39 is 0 Å². The highest BCUT2D eigenvalue weighted by Gasteiger charge is 2.32. The van der Waals surface area contributed by atoms with Gasteiger partial charge in [0, 0.05) is 42.1 Å². The predicted molar refractivity (Wildman–Crippen MR) is 152 cm³/mol. The molecule has 0 spiro atoms. The Bertz CT molecular complexity index is 1010. The van der Waals surface area contributed by atoms with E-state index in [-0.39, 0.29) is 53.6 Å². The second-order valence-electron chi connectivity index (χ2n) is 11.4. The largest absolute Gasteiger partial charge is 0.370 e. The molecule has 214 valence electrons. The first-order valence-electron chi connectivity index (χ1n) is 14.6. The Hall–Kier alpha value is -3.14. The van der Waals surface area contributed by atoms with Crippen LogP contribution in [0, 0.1) is 11.8 Å². The van der Waals surface area contributed by atoms with Crippen molar-refractivity contribution in [2.24, 2.45) is 28.3 Å². The molecule has 3 amide bonds. The molecule has 10 nitrogen and oxygen atoms in total. The summed E-state index contributed by atoms with van der Waals surface area (Å²) in [5, 5.41) is 9.63. The first kappa shape index (κ1) is 28.9. The lowest BCUT2D eigenvalue weighted by Gasteiger charge is -2.35. The average Bonchev–Trinajstić information content (AvgIpc) is 2.94. The number of hydrogen-bond donors (Lipinski definition) is 5. The number of amides is 3. The average molecular weight is 540 g/mol. The van der Waals surface area contributed by atoms with Crippen LogP contribution in [0.5, 0.6) is 0 Å². The van der Waals surface area contributed by atoms with Crippen molar-refractivity contribution in [1.29, 1.82) is 0 Å². The molecule has 2 saturated carbocycles. The molecule has 3 fully saturated rings. The van der Waals surface area contributed by atoms with Gasteiger partial charge in [0.25, 0.3) is 5.91 Å². The second kappa shape index (κ2) is 13.8. The smallest absolute Gasteiger partial charge is 0.251 e. The molecule has 0 radical (unpaired) electrons. The minimum atomic E-state index is -0.133. The van der Waals surface area contributed by atoms with Crippen LogP contribution in [0.2, 0.25) is 0 Å². The fraction of sp³-hybridized carbons (Fsp3) is 0.655. The van der Waals surface area contributed by atoms with Crippen molar-refractivity contribution >= 4 is 29.4 Å². The molecule has 1 atom stereocenters. The third kappa shape index (κ3) is 8.42. The summed E-state index contributed by atoms with van der Waals surface area (Å²) in [5.41, 5.74) is 11.9. The van der Waals surface area contributed by atoms with Crippen LogP contribution in [-0.4, -0.2) is 66.3 Å². The second-order valence-corrected chi connectivity index (χ2v) is 11.4. The molecular formula is C29H45N7O3. The molecule has 1 unspecified atom stereocenters. The van der Waals surface area contributed by atoms with E-state index in [1.807, 2.05) is 0 Å². The Morgan fingerprint density at radius 3 is 1.87 bits per heavy atom. The number of piperidine rings is 1. The van der Waals surface area contributed by atoms with Gasteiger partial charge in [-0.25, -0.2) is 4.99 Å². The van der Waals surface area contributed by atoms with Crippen molar-refractivity contribution < 1.29 is 14.4 Å². The number of rotatable bonds is 8. The van der Waals surface area contributed by atoms with E-state index in [0.29, 0.717) is 11.3 Å². The molecule has 3 aliphatic rings. The maximum absolute atomic E-state index is 13.0. The van der Waals surface area contributed by atoms with Crippen LogP contribution in [0.1, 0.15) is 81.5 Å². The number of nitrogens with zero attached hydrogens (tertiary/aromatic N) is 2. The van der Waals surface area contributed by atoms with Crippen LogP contribution >= 0.6 is 0 Å². The van der Waals surface area contributed by atoms with E-state index in [0.717, 1.165) is 83.8 Å². The van der Waals surface area contributed by atoms with E-state index in [4.69, 9.17) is 11.5 Å². The molecule has 1 saturated heterocycles. The van der Waals surface area contributed by atoms with E-state index in [2.05, 4.69) is 32.8 Å². The fourth-order valence-corrected chi connectivity index (χ4v) is 6.20. The lowest BCUT2D eigenvalue weighted by atomic mass is 9.83. The quantitative estimate of drug-likeness (QED) is 0.252. The van der Waals surface area contributed by atoms with E-state index in [9.17, 15) is 14.4 Å². The van der Waals surface area contributed by atoms with E-state index >= 15 is 0 Å². The molecule has 4 rings (SSSR count). The lowest BCUT2D eigenvalue weighted by Crippen LogP contribution is -2.50. The minimum Gasteiger partial charge on any atom is -0.370 e. The maximum atomic E-state index is 13.0. The third-order valence-corrected chi connectivity index (χ3v) is 8.56. The van der Waals surface area contributed by atoms with Gasteiger partial charge in [0.05, 0.1) is 5.69 Å². The van der Waals surface area contributed by atoms with Gasteiger partial charge in [0.1, 0.15) is 0 Å². The number of guanidine groups is 1. The summed E-state index contributed by atoms with van der Waals surface area (Å²) in [6.07, 6.45) is 8.63. The maximum Gasteiger partial charge on any atom is 0.251 e. The highest BCUT2D eigenvalue weighted by atomic mass is 16.2. The van der Waals surface area contributed by atoms with Gasteiger partial charge in [0.15, 0.2) is 5.96 Å². The van der Waals surface area contributed by atoms with Crippen LogP contribution < -0.4 is 27.4 Å². The van der Waals surface area contributed by atoms with E-state index in [1.54, 1.807) is 24.3 Å². The van der Waals surface area contributed by atoms with Crippen molar-refractivity contribution in [2.75, 3.05) is 19.6 Å². The Kier molecular flexibility index (Phi) is 10.2. The van der Waals surface area contributed by atoms with Gasteiger partial charge in [-0.3, -0.25) is 14.4 Å². The molecule has 10 heteroatoms. The van der Waals surface area contributed by atoms with Crippen molar-refractivity contribution in [3.63, 3.8) is 0 Å². The van der Waals surface area contributed by atoms with Crippen molar-refractivity contribution in [3.8, 4) is 0 Å². The van der Waals surface area contributed by atoms with Gasteiger partial charge in [-0.1, -0.05) is 6.92 Å². The van der Waals surface area contributed by atoms with Crippen LogP contribution in [0.3, 0.4) is 0 Å². The van der Waals surface area contributed by atoms with Crippen molar-refractivity contribution in [1.82, 2.24) is 20.9 Å². The number of likely N-dealkylation sites (N-methyl/N-ethyl adjacent to an activating group) is 1. The highest BCUT2D eigenvalue weighted by molar-refractivity contribution is 5.94. The summed E-state index contributed by atoms with van der Waals surface area (Å²) in [6.45, 7) is 5.28. The number of carbonyl (C=O) groups excluding carboxylic acids is 3. The molecular weight excluding hydrogens is 494 g/mol. The normalized spacial score (nSPS) is 27.7. The van der Waals surface area contributed by atoms with Gasteiger partial charge in [0.2, 0.25) is 11.8 Å². The first-order valence-corrected chi connectivity index (χ1v) is 14.6. The molecule has 1 heterocycles. The summed E-state index contributed by atoms with van der Waals surface area (Å²) in [7, 11) is 0. The number of hydrogen-bond acceptors (Lipinski definition) is 5. The molecule has 1 aromatic rings. The number of benzene rings is 1. The Labute approximate surface area is 231 Å². The summed E-state index contributed by atoms with van der Waals surface area (Å²) < 4.78 is 0. The number of carbonyl (C=O) groups is 3. The zero-order chi connectivity index (χ0) is 27.8. The topological polar surface area (TPSA) is 155 Å². The van der Waals surface area contributed by atoms with E-state index in [1.165, 1.54) is 0 Å². The molecule has 39 heavy (non-hydrogen) atoms. The lowest BCUT2D eigenvalue weighted by molar-refractivity contribution is -0.128. The van der Waals surface area contributed by atoms with Crippen LogP contribution in [0.15, 0.2) is 29.3 Å². The number of aliphatic imine (C=N–C) groups is 1. The SMILES string of the molecule is CCN1CCCC(NC(=O)C2CCC(NC(=O)C3CCC(NC(=O)c4ccc(N=C(N)N)cc4)CC3)CC2)C1. The summed E-state index contributed by atoms with van der Waals surface area (Å²) >= 11 is 0. The van der Waals surface area contributed by atoms with Gasteiger partial charge in [-0.05, 0) is 102 Å². The van der Waals surface area contributed by atoms with Crippen molar-refractivity contribution in [3.05, 3.63) is 29.8 Å². The van der Waals surface area contributed by atoms with Crippen molar-refractivity contribution in [2.45, 2.75) is 89.3 Å². The predicted octanol–water partition coefficient (Wildman–Crippen LogP) is 2.16. The highest BCUT2D eigenvalue weighted by Crippen LogP contribution is 2.28.